The Morgan fingerprint density at radius 3 is 2.69 bits per heavy atom. The van der Waals surface area contributed by atoms with Gasteiger partial charge >= 0.3 is 5.97 Å². The fourth-order valence-electron chi connectivity index (χ4n) is 2.19. The third kappa shape index (κ3) is 3.74. The Morgan fingerprint density at radius 1 is 1.38 bits per heavy atom. The Morgan fingerprint density at radius 2 is 2.06 bits per heavy atom. The summed E-state index contributed by atoms with van der Waals surface area (Å²) in [4.78, 5) is 14.6. The van der Waals surface area contributed by atoms with Gasteiger partial charge in [-0.1, -0.05) is 30.8 Å². The molecule has 5 nitrogen and oxygen atoms in total. The normalized spacial score (nSPS) is 26.1. The van der Waals surface area contributed by atoms with Crippen molar-refractivity contribution in [2.45, 2.75) is 51.5 Å². The smallest absolute Gasteiger partial charge is 0.309 e. The number of rotatable bonds is 3. The molecule has 1 rings (SSSR count). The lowest BCUT2D eigenvalue weighted by Crippen LogP contribution is -2.29. The minimum atomic E-state index is -0.240. The van der Waals surface area contributed by atoms with Gasteiger partial charge in [-0.25, -0.2) is 0 Å². The van der Waals surface area contributed by atoms with Crippen molar-refractivity contribution in [2.75, 3.05) is 6.61 Å². The van der Waals surface area contributed by atoms with E-state index >= 15 is 0 Å². The summed E-state index contributed by atoms with van der Waals surface area (Å²) in [5.41, 5.74) is 8.52. The fourth-order valence-corrected chi connectivity index (χ4v) is 2.19. The van der Waals surface area contributed by atoms with E-state index in [0.717, 1.165) is 38.5 Å². The Labute approximate surface area is 95.8 Å². The first-order valence-electron chi connectivity index (χ1n) is 6.00. The molecule has 0 aromatic heterocycles. The Hall–Kier alpha value is -1.22. The van der Waals surface area contributed by atoms with Gasteiger partial charge in [0.15, 0.2) is 0 Å². The summed E-state index contributed by atoms with van der Waals surface area (Å²) in [6.07, 6.45) is 5.93. The molecule has 90 valence electrons. The summed E-state index contributed by atoms with van der Waals surface area (Å²) in [6, 6.07) is -0.218. The summed E-state index contributed by atoms with van der Waals surface area (Å²) in [5, 5.41) is 3.75. The van der Waals surface area contributed by atoms with Gasteiger partial charge in [-0.15, -0.1) is 0 Å². The van der Waals surface area contributed by atoms with Crippen LogP contribution in [0.25, 0.3) is 10.4 Å². The van der Waals surface area contributed by atoms with Gasteiger partial charge in [0, 0.05) is 4.91 Å². The molecule has 0 heterocycles. The average molecular weight is 225 g/mol. The molecule has 0 spiro atoms. The Balaban J connectivity index is 2.70. The minimum absolute atomic E-state index is 0.207. The molecule has 2 atom stereocenters. The first-order valence-corrected chi connectivity index (χ1v) is 6.00. The zero-order valence-corrected chi connectivity index (χ0v) is 9.76. The topological polar surface area (TPSA) is 75.1 Å². The maximum absolute atomic E-state index is 11.7. The lowest BCUT2D eigenvalue weighted by molar-refractivity contribution is -0.149. The molecule has 0 N–H and O–H groups in total. The van der Waals surface area contributed by atoms with E-state index in [1.165, 1.54) is 0 Å². The molecule has 1 saturated carbocycles. The van der Waals surface area contributed by atoms with E-state index in [4.69, 9.17) is 10.3 Å². The second kappa shape index (κ2) is 7.12. The van der Waals surface area contributed by atoms with Crippen LogP contribution in [0.1, 0.15) is 45.4 Å². The summed E-state index contributed by atoms with van der Waals surface area (Å²) in [6.45, 7) is 2.18. The van der Waals surface area contributed by atoms with Crippen LogP contribution in [0, 0.1) is 5.92 Å². The molecule has 0 aromatic carbocycles. The van der Waals surface area contributed by atoms with Crippen LogP contribution >= 0.6 is 0 Å². The molecule has 0 amide bonds. The van der Waals surface area contributed by atoms with E-state index in [9.17, 15) is 4.79 Å². The molecule has 1 fully saturated rings. The van der Waals surface area contributed by atoms with Gasteiger partial charge in [-0.05, 0) is 25.3 Å². The van der Waals surface area contributed by atoms with Gasteiger partial charge in [0.1, 0.15) is 0 Å². The van der Waals surface area contributed by atoms with Gasteiger partial charge in [0.25, 0.3) is 0 Å². The molecule has 5 heteroatoms. The van der Waals surface area contributed by atoms with Gasteiger partial charge in [-0.2, -0.15) is 0 Å². The van der Waals surface area contributed by atoms with Crippen LogP contribution in [0.5, 0.6) is 0 Å². The number of hydrogen-bond donors (Lipinski definition) is 0. The number of carbonyl (C=O) groups is 1. The predicted molar refractivity (Wildman–Crippen MR) is 60.8 cm³/mol. The van der Waals surface area contributed by atoms with E-state index in [1.807, 2.05) is 0 Å². The summed E-state index contributed by atoms with van der Waals surface area (Å²) in [7, 11) is 0. The van der Waals surface area contributed by atoms with Gasteiger partial charge < -0.3 is 4.74 Å². The van der Waals surface area contributed by atoms with Gasteiger partial charge in [0.2, 0.25) is 0 Å². The Kier molecular flexibility index (Phi) is 5.72. The average Bonchev–Trinajstić information content (AvgIpc) is 2.22. The summed E-state index contributed by atoms with van der Waals surface area (Å²) >= 11 is 0. The van der Waals surface area contributed by atoms with Crippen LogP contribution in [0.3, 0.4) is 0 Å². The molecule has 1 aliphatic carbocycles. The first-order chi connectivity index (χ1) is 7.79. The first kappa shape index (κ1) is 12.8. The van der Waals surface area contributed by atoms with Crippen molar-refractivity contribution in [1.82, 2.24) is 0 Å². The van der Waals surface area contributed by atoms with Crippen molar-refractivity contribution < 1.29 is 9.53 Å². The number of hydrogen-bond acceptors (Lipinski definition) is 3. The fraction of sp³-hybridized carbons (Fsp3) is 0.909. The minimum Gasteiger partial charge on any atom is -0.466 e. The van der Waals surface area contributed by atoms with E-state index in [2.05, 4.69) is 10.0 Å². The number of azide groups is 1. The van der Waals surface area contributed by atoms with Crippen molar-refractivity contribution in [2.24, 2.45) is 11.0 Å². The highest BCUT2D eigenvalue weighted by molar-refractivity contribution is 5.73. The summed E-state index contributed by atoms with van der Waals surface area (Å²) in [5.74, 6) is -0.446. The summed E-state index contributed by atoms with van der Waals surface area (Å²) < 4.78 is 5.03. The van der Waals surface area contributed by atoms with Crippen molar-refractivity contribution in [3.05, 3.63) is 10.4 Å². The largest absolute Gasteiger partial charge is 0.466 e. The third-order valence-electron chi connectivity index (χ3n) is 3.02. The highest BCUT2D eigenvalue weighted by Crippen LogP contribution is 2.26. The van der Waals surface area contributed by atoms with Crippen molar-refractivity contribution in [1.29, 1.82) is 0 Å². The van der Waals surface area contributed by atoms with Crippen LogP contribution in [0.2, 0.25) is 0 Å². The number of carbonyl (C=O) groups excluding carboxylic acids is 1. The number of esters is 1. The quantitative estimate of drug-likeness (QED) is 0.320. The van der Waals surface area contributed by atoms with Crippen LogP contribution in [-0.2, 0) is 9.53 Å². The molecule has 0 aromatic rings. The van der Waals surface area contributed by atoms with Crippen LogP contribution < -0.4 is 0 Å². The van der Waals surface area contributed by atoms with E-state index in [1.54, 1.807) is 6.92 Å². The highest BCUT2D eigenvalue weighted by Gasteiger charge is 2.29. The highest BCUT2D eigenvalue weighted by atomic mass is 16.5. The SMILES string of the molecule is CCOC(=O)[C@H]1CCCCCC[C@@H]1N=[N+]=[N-]. The zero-order chi connectivity index (χ0) is 11.8. The molecule has 0 unspecified atom stereocenters. The number of ether oxygens (including phenoxy) is 1. The molecule has 0 bridgehead atoms. The lowest BCUT2D eigenvalue weighted by atomic mass is 9.87. The van der Waals surface area contributed by atoms with E-state index < -0.39 is 0 Å². The van der Waals surface area contributed by atoms with E-state index in [0.29, 0.717) is 6.61 Å². The molecule has 16 heavy (non-hydrogen) atoms. The van der Waals surface area contributed by atoms with Gasteiger partial charge in [0.05, 0.1) is 18.6 Å². The maximum atomic E-state index is 11.7. The molecule has 0 saturated heterocycles. The van der Waals surface area contributed by atoms with Gasteiger partial charge in [-0.3, -0.25) is 4.79 Å². The van der Waals surface area contributed by atoms with Crippen molar-refractivity contribution in [3.8, 4) is 0 Å². The molecule has 0 aliphatic heterocycles. The van der Waals surface area contributed by atoms with Crippen molar-refractivity contribution in [3.63, 3.8) is 0 Å². The monoisotopic (exact) mass is 225 g/mol. The molecular formula is C11H19N3O2. The molecule has 1 aliphatic rings. The lowest BCUT2D eigenvalue weighted by Gasteiger charge is -2.23. The van der Waals surface area contributed by atoms with Crippen LogP contribution in [0.4, 0.5) is 0 Å². The standard InChI is InChI=1S/C11H19N3O2/c1-2-16-11(15)9-7-5-3-4-6-8-10(9)13-14-12/h9-10H,2-8H2,1H3/t9-,10-/m0/s1. The second-order valence-electron chi connectivity index (χ2n) is 4.12. The molecular weight excluding hydrogens is 206 g/mol. The molecule has 0 radical (unpaired) electrons. The maximum Gasteiger partial charge on any atom is 0.309 e. The van der Waals surface area contributed by atoms with Crippen LogP contribution in [-0.4, -0.2) is 18.6 Å². The van der Waals surface area contributed by atoms with Crippen molar-refractivity contribution >= 4 is 5.97 Å². The van der Waals surface area contributed by atoms with E-state index in [-0.39, 0.29) is 17.9 Å². The second-order valence-corrected chi connectivity index (χ2v) is 4.12. The zero-order valence-electron chi connectivity index (χ0n) is 9.76. The predicted octanol–water partition coefficient (Wildman–Crippen LogP) is 3.20. The Bertz CT molecular complexity index is 274. The number of nitrogens with zero attached hydrogens (tertiary/aromatic N) is 3. The third-order valence-corrected chi connectivity index (χ3v) is 3.02. The van der Waals surface area contributed by atoms with Crippen LogP contribution in [0.15, 0.2) is 5.11 Å².